The first-order valence-electron chi connectivity index (χ1n) is 7.43. The molecule has 0 aliphatic rings. The molecule has 1 heterocycles. The van der Waals surface area contributed by atoms with Gasteiger partial charge in [0, 0.05) is 17.7 Å². The molecule has 0 saturated carbocycles. The fraction of sp³-hybridized carbons (Fsp3) is 0.235. The number of hydrogen-bond donors (Lipinski definition) is 1. The highest BCUT2D eigenvalue weighted by Gasteiger charge is 2.14. The largest absolute Gasteiger partial charge is 0.293 e. The maximum Gasteiger partial charge on any atom is 0.229 e. The summed E-state index contributed by atoms with van der Waals surface area (Å²) >= 11 is 1.36. The van der Waals surface area contributed by atoms with E-state index in [1.165, 1.54) is 23.5 Å². The lowest BCUT2D eigenvalue weighted by Crippen LogP contribution is -2.15. The van der Waals surface area contributed by atoms with E-state index in [0.29, 0.717) is 10.6 Å². The normalized spacial score (nSPS) is 12.0. The van der Waals surface area contributed by atoms with Gasteiger partial charge in [0.05, 0.1) is 16.8 Å². The number of hydrogen-bond acceptors (Lipinski definition) is 6. The van der Waals surface area contributed by atoms with Crippen molar-refractivity contribution in [2.24, 2.45) is 4.99 Å². The van der Waals surface area contributed by atoms with Gasteiger partial charge in [0.15, 0.2) is 11.6 Å². The molecule has 0 bridgehead atoms. The van der Waals surface area contributed by atoms with Gasteiger partial charge in [-0.15, -0.1) is 11.3 Å². The Morgan fingerprint density at radius 2 is 1.84 bits per heavy atom. The van der Waals surface area contributed by atoms with Crippen molar-refractivity contribution in [2.45, 2.75) is 13.3 Å². The fourth-order valence-corrected chi connectivity index (χ4v) is 3.36. The zero-order valence-corrected chi connectivity index (χ0v) is 15.5. The third-order valence-electron chi connectivity index (χ3n) is 3.23. The molecule has 132 valence electrons. The Morgan fingerprint density at radius 3 is 2.48 bits per heavy atom. The molecule has 25 heavy (non-hydrogen) atoms. The highest BCUT2D eigenvalue weighted by molar-refractivity contribution is 7.92. The minimum absolute atomic E-state index is 0.0390. The quantitative estimate of drug-likeness (QED) is 0.564. The van der Waals surface area contributed by atoms with Crippen molar-refractivity contribution < 1.29 is 18.0 Å². The van der Waals surface area contributed by atoms with Gasteiger partial charge >= 0.3 is 0 Å². The van der Waals surface area contributed by atoms with Crippen LogP contribution in [0.2, 0.25) is 0 Å². The Bertz CT molecular complexity index is 900. The molecule has 0 saturated heterocycles. The molecule has 0 unspecified atom stereocenters. The van der Waals surface area contributed by atoms with Crippen molar-refractivity contribution in [3.63, 3.8) is 0 Å². The van der Waals surface area contributed by atoms with Gasteiger partial charge in [-0.2, -0.15) is 0 Å². The molecule has 8 heteroatoms. The van der Waals surface area contributed by atoms with Crippen LogP contribution in [-0.2, 0) is 10.0 Å². The minimum atomic E-state index is -3.49. The monoisotopic (exact) mass is 378 g/mol. The molecule has 0 aliphatic heterocycles. The van der Waals surface area contributed by atoms with Crippen LogP contribution in [0.25, 0.3) is 0 Å². The predicted octanol–water partition coefficient (Wildman–Crippen LogP) is 3.04. The molecule has 1 N–H and O–H groups in total. The maximum atomic E-state index is 12.3. The molecule has 0 spiro atoms. The van der Waals surface area contributed by atoms with E-state index in [9.17, 15) is 18.0 Å². The predicted molar refractivity (Wildman–Crippen MR) is 100 cm³/mol. The summed E-state index contributed by atoms with van der Waals surface area (Å²) in [7, 11) is -3.49. The zero-order valence-electron chi connectivity index (χ0n) is 13.9. The van der Waals surface area contributed by atoms with Crippen LogP contribution >= 0.6 is 11.3 Å². The van der Waals surface area contributed by atoms with E-state index in [1.807, 2.05) is 5.38 Å². The minimum Gasteiger partial charge on any atom is -0.293 e. The summed E-state index contributed by atoms with van der Waals surface area (Å²) in [6, 6.07) is 9.90. The summed E-state index contributed by atoms with van der Waals surface area (Å²) in [4.78, 5) is 29.2. The number of ketones is 2. The van der Waals surface area contributed by atoms with Crippen LogP contribution < -0.4 is 4.72 Å². The van der Waals surface area contributed by atoms with Crippen LogP contribution in [0.15, 0.2) is 46.8 Å². The molecule has 1 aromatic heterocycles. The summed E-state index contributed by atoms with van der Waals surface area (Å²) in [6.07, 6.45) is 1.17. The Kier molecular flexibility index (Phi) is 6.22. The summed E-state index contributed by atoms with van der Waals surface area (Å²) < 4.78 is 25.1. The van der Waals surface area contributed by atoms with E-state index in [4.69, 9.17) is 0 Å². The van der Waals surface area contributed by atoms with Crippen LogP contribution in [0.4, 0.5) is 5.69 Å². The second kappa shape index (κ2) is 8.17. The first-order chi connectivity index (χ1) is 11.8. The number of benzene rings is 1. The van der Waals surface area contributed by atoms with E-state index in [0.717, 1.165) is 6.26 Å². The van der Waals surface area contributed by atoms with Gasteiger partial charge in [-0.25, -0.2) is 8.42 Å². The lowest BCUT2D eigenvalue weighted by atomic mass is 10.1. The van der Waals surface area contributed by atoms with Crippen molar-refractivity contribution in [3.05, 3.63) is 52.2 Å². The number of nitrogens with zero attached hydrogens (tertiary/aromatic N) is 1. The SMILES string of the molecule is CC(CC(=O)c1cccs1)=NCC(=O)c1ccccc1NS(C)(=O)=O. The van der Waals surface area contributed by atoms with Crippen LogP contribution in [0.3, 0.4) is 0 Å². The fourth-order valence-electron chi connectivity index (χ4n) is 2.12. The summed E-state index contributed by atoms with van der Waals surface area (Å²) in [5.41, 5.74) is 1.02. The van der Waals surface area contributed by atoms with E-state index in [1.54, 1.807) is 31.2 Å². The van der Waals surface area contributed by atoms with Gasteiger partial charge < -0.3 is 0 Å². The number of rotatable bonds is 8. The van der Waals surface area contributed by atoms with Gasteiger partial charge in [-0.1, -0.05) is 18.2 Å². The highest BCUT2D eigenvalue weighted by Crippen LogP contribution is 2.17. The number of thiophene rings is 1. The van der Waals surface area contributed by atoms with E-state index in [2.05, 4.69) is 9.71 Å². The number of anilines is 1. The molecule has 0 fully saturated rings. The molecule has 2 rings (SSSR count). The number of carbonyl (C=O) groups excluding carboxylic acids is 2. The lowest BCUT2D eigenvalue weighted by molar-refractivity contribution is 0.0991. The summed E-state index contributed by atoms with van der Waals surface area (Å²) in [5.74, 6) is -0.363. The molecule has 0 aliphatic carbocycles. The number of carbonyl (C=O) groups is 2. The van der Waals surface area contributed by atoms with Gasteiger partial charge in [0.1, 0.15) is 6.54 Å². The van der Waals surface area contributed by atoms with Gasteiger partial charge in [0.25, 0.3) is 0 Å². The molecule has 0 amide bonds. The number of nitrogens with one attached hydrogen (secondary N) is 1. The number of sulfonamides is 1. The second-order valence-electron chi connectivity index (χ2n) is 5.47. The average molecular weight is 378 g/mol. The van der Waals surface area contributed by atoms with Crippen LogP contribution in [0, 0.1) is 0 Å². The molecule has 0 radical (unpaired) electrons. The Balaban J connectivity index is 2.06. The van der Waals surface area contributed by atoms with Crippen molar-refractivity contribution in [1.82, 2.24) is 0 Å². The first kappa shape index (κ1) is 19.0. The highest BCUT2D eigenvalue weighted by atomic mass is 32.2. The Labute approximate surface area is 150 Å². The number of aliphatic imine (C=N–C) groups is 1. The van der Waals surface area contributed by atoms with Crippen molar-refractivity contribution in [3.8, 4) is 0 Å². The summed E-state index contributed by atoms with van der Waals surface area (Å²) in [5, 5.41) is 1.83. The summed E-state index contributed by atoms with van der Waals surface area (Å²) in [6.45, 7) is 1.55. The van der Waals surface area contributed by atoms with E-state index < -0.39 is 10.0 Å². The van der Waals surface area contributed by atoms with Crippen molar-refractivity contribution in [1.29, 1.82) is 0 Å². The zero-order chi connectivity index (χ0) is 18.4. The third-order valence-corrected chi connectivity index (χ3v) is 4.73. The van der Waals surface area contributed by atoms with Gasteiger partial charge in [0.2, 0.25) is 10.0 Å². The molecule has 1 aromatic carbocycles. The van der Waals surface area contributed by atoms with E-state index in [-0.39, 0.29) is 35.8 Å². The number of Topliss-reactive ketones (excluding diaryl/α,β-unsaturated/α-hetero) is 2. The van der Waals surface area contributed by atoms with Crippen molar-refractivity contribution >= 4 is 44.3 Å². The maximum absolute atomic E-state index is 12.3. The smallest absolute Gasteiger partial charge is 0.229 e. The van der Waals surface area contributed by atoms with Crippen molar-refractivity contribution in [2.75, 3.05) is 17.5 Å². The third kappa shape index (κ3) is 5.91. The Morgan fingerprint density at radius 1 is 1.12 bits per heavy atom. The second-order valence-corrected chi connectivity index (χ2v) is 8.17. The number of para-hydroxylation sites is 1. The molecular weight excluding hydrogens is 360 g/mol. The standard InChI is InChI=1S/C17H18N2O4S2/c1-12(10-15(20)17-8-5-9-24-17)18-11-16(21)13-6-3-4-7-14(13)19-25(2,22)23/h3-9,19H,10-11H2,1-2H3. The van der Waals surface area contributed by atoms with Gasteiger partial charge in [-0.3, -0.25) is 19.3 Å². The topological polar surface area (TPSA) is 92.7 Å². The molecule has 6 nitrogen and oxygen atoms in total. The van der Waals surface area contributed by atoms with Crippen LogP contribution in [0.5, 0.6) is 0 Å². The van der Waals surface area contributed by atoms with Crippen LogP contribution in [0.1, 0.15) is 33.4 Å². The molecule has 0 atom stereocenters. The molecular formula is C17H18N2O4S2. The lowest BCUT2D eigenvalue weighted by Gasteiger charge is -2.09. The Hall–Kier alpha value is -2.32. The first-order valence-corrected chi connectivity index (χ1v) is 10.2. The van der Waals surface area contributed by atoms with Gasteiger partial charge in [-0.05, 0) is 30.5 Å². The van der Waals surface area contributed by atoms with Crippen LogP contribution in [-0.4, -0.2) is 38.5 Å². The average Bonchev–Trinajstić information content (AvgIpc) is 3.06. The molecule has 2 aromatic rings. The van der Waals surface area contributed by atoms with E-state index >= 15 is 0 Å².